The van der Waals surface area contributed by atoms with Gasteiger partial charge in [-0.25, -0.2) is 14.2 Å². The zero-order valence-corrected chi connectivity index (χ0v) is 9.82. The third-order valence-electron chi connectivity index (χ3n) is 2.51. The van der Waals surface area contributed by atoms with E-state index in [-0.39, 0.29) is 10.7 Å². The first kappa shape index (κ1) is 10.9. The maximum absolute atomic E-state index is 12.8. The molecule has 0 fully saturated rings. The van der Waals surface area contributed by atoms with Gasteiger partial charge in [-0.15, -0.1) is 0 Å². The van der Waals surface area contributed by atoms with Crippen molar-refractivity contribution in [1.82, 2.24) is 9.38 Å². The lowest BCUT2D eigenvalue weighted by atomic mass is 10.2. The van der Waals surface area contributed by atoms with Gasteiger partial charge in [-0.1, -0.05) is 11.3 Å². The Balaban J connectivity index is 2.06. The van der Waals surface area contributed by atoms with E-state index in [1.807, 2.05) is 0 Å². The SMILES string of the molecule is O=C(O)c1cn2cc(-c3ccc(F)cc3)nc2s1. The van der Waals surface area contributed by atoms with Crippen LogP contribution in [0, 0.1) is 5.82 Å². The Kier molecular flexibility index (Phi) is 2.38. The van der Waals surface area contributed by atoms with Crippen molar-refractivity contribution in [3.8, 4) is 11.3 Å². The van der Waals surface area contributed by atoms with E-state index in [2.05, 4.69) is 4.98 Å². The summed E-state index contributed by atoms with van der Waals surface area (Å²) in [6, 6.07) is 6.01. The number of aromatic carboxylic acids is 1. The molecule has 0 aliphatic carbocycles. The average molecular weight is 262 g/mol. The number of hydrogen-bond acceptors (Lipinski definition) is 3. The molecule has 0 saturated heterocycles. The Labute approximate surface area is 105 Å². The van der Waals surface area contributed by atoms with Gasteiger partial charge in [0.05, 0.1) is 5.69 Å². The minimum Gasteiger partial charge on any atom is -0.477 e. The second-order valence-electron chi connectivity index (χ2n) is 3.72. The van der Waals surface area contributed by atoms with E-state index in [1.54, 1.807) is 22.7 Å². The molecule has 3 rings (SSSR count). The third kappa shape index (κ3) is 1.76. The van der Waals surface area contributed by atoms with Gasteiger partial charge in [0, 0.05) is 18.0 Å². The number of thiazole rings is 1. The highest BCUT2D eigenvalue weighted by Gasteiger charge is 2.11. The largest absolute Gasteiger partial charge is 0.477 e. The minimum absolute atomic E-state index is 0.239. The van der Waals surface area contributed by atoms with E-state index in [0.717, 1.165) is 16.9 Å². The van der Waals surface area contributed by atoms with Crippen LogP contribution in [0.4, 0.5) is 4.39 Å². The van der Waals surface area contributed by atoms with Crippen molar-refractivity contribution in [3.63, 3.8) is 0 Å². The van der Waals surface area contributed by atoms with Crippen molar-refractivity contribution < 1.29 is 14.3 Å². The molecular weight excluding hydrogens is 255 g/mol. The lowest BCUT2D eigenvalue weighted by Gasteiger charge is -1.94. The molecule has 1 N–H and O–H groups in total. The molecule has 2 heterocycles. The fourth-order valence-corrected chi connectivity index (χ4v) is 2.46. The number of imidazole rings is 1. The number of aromatic nitrogens is 2. The fourth-order valence-electron chi connectivity index (χ4n) is 1.65. The molecule has 90 valence electrons. The van der Waals surface area contributed by atoms with Crippen LogP contribution in [-0.4, -0.2) is 20.5 Å². The normalized spacial score (nSPS) is 10.9. The van der Waals surface area contributed by atoms with Gasteiger partial charge >= 0.3 is 5.97 Å². The standard InChI is InChI=1S/C12H7FN2O2S/c13-8-3-1-7(2-4-8)9-5-15-6-10(11(16)17)18-12(15)14-9/h1-6H,(H,16,17). The summed E-state index contributed by atoms with van der Waals surface area (Å²) in [6.45, 7) is 0. The van der Waals surface area contributed by atoms with E-state index in [4.69, 9.17) is 5.11 Å². The molecule has 18 heavy (non-hydrogen) atoms. The maximum Gasteiger partial charge on any atom is 0.347 e. The van der Waals surface area contributed by atoms with Gasteiger partial charge in [0.25, 0.3) is 0 Å². The summed E-state index contributed by atoms with van der Waals surface area (Å²) in [4.78, 5) is 15.9. The molecule has 0 atom stereocenters. The summed E-state index contributed by atoms with van der Waals surface area (Å²) in [5.41, 5.74) is 1.49. The summed E-state index contributed by atoms with van der Waals surface area (Å²) >= 11 is 1.10. The van der Waals surface area contributed by atoms with Crippen LogP contribution in [0.2, 0.25) is 0 Å². The van der Waals surface area contributed by atoms with Crippen molar-refractivity contribution in [3.05, 3.63) is 47.4 Å². The van der Waals surface area contributed by atoms with Gasteiger partial charge in [-0.2, -0.15) is 0 Å². The van der Waals surface area contributed by atoms with Gasteiger partial charge in [-0.05, 0) is 24.3 Å². The Morgan fingerprint density at radius 2 is 2.00 bits per heavy atom. The zero-order chi connectivity index (χ0) is 12.7. The number of carbonyl (C=O) groups is 1. The van der Waals surface area contributed by atoms with Crippen molar-refractivity contribution >= 4 is 22.3 Å². The number of carboxylic acids is 1. The number of carboxylic acid groups (broad SMARTS) is 1. The van der Waals surface area contributed by atoms with Crippen molar-refractivity contribution in [2.75, 3.05) is 0 Å². The molecule has 3 aromatic rings. The molecule has 0 aliphatic heterocycles. The highest BCUT2D eigenvalue weighted by Crippen LogP contribution is 2.24. The first-order valence-corrected chi connectivity index (χ1v) is 5.93. The second kappa shape index (κ2) is 3.92. The van der Waals surface area contributed by atoms with E-state index in [0.29, 0.717) is 10.7 Å². The van der Waals surface area contributed by atoms with Crippen LogP contribution in [0.1, 0.15) is 9.67 Å². The minimum atomic E-state index is -0.964. The van der Waals surface area contributed by atoms with Crippen molar-refractivity contribution in [1.29, 1.82) is 0 Å². The summed E-state index contributed by atoms with van der Waals surface area (Å²) in [5, 5.41) is 8.85. The molecule has 0 saturated carbocycles. The number of fused-ring (bicyclic) bond motifs is 1. The average Bonchev–Trinajstić information content (AvgIpc) is 2.87. The Hall–Kier alpha value is -2.21. The topological polar surface area (TPSA) is 54.6 Å². The van der Waals surface area contributed by atoms with E-state index < -0.39 is 5.97 Å². The van der Waals surface area contributed by atoms with Crippen LogP contribution in [0.5, 0.6) is 0 Å². The molecule has 6 heteroatoms. The number of hydrogen-bond donors (Lipinski definition) is 1. The van der Waals surface area contributed by atoms with Gasteiger partial charge in [0.1, 0.15) is 10.7 Å². The molecule has 0 amide bonds. The highest BCUT2D eigenvalue weighted by atomic mass is 32.1. The van der Waals surface area contributed by atoms with Crippen LogP contribution in [0.15, 0.2) is 36.7 Å². The number of rotatable bonds is 2. The van der Waals surface area contributed by atoms with Crippen molar-refractivity contribution in [2.45, 2.75) is 0 Å². The van der Waals surface area contributed by atoms with Crippen LogP contribution in [0.3, 0.4) is 0 Å². The molecule has 0 bridgehead atoms. The molecule has 0 aliphatic rings. The highest BCUT2D eigenvalue weighted by molar-refractivity contribution is 7.18. The molecule has 0 radical (unpaired) electrons. The zero-order valence-electron chi connectivity index (χ0n) is 9.00. The summed E-state index contributed by atoms with van der Waals surface area (Å²) in [6.07, 6.45) is 3.24. The molecule has 2 aromatic heterocycles. The van der Waals surface area contributed by atoms with Crippen molar-refractivity contribution in [2.24, 2.45) is 0 Å². The number of nitrogens with zero attached hydrogens (tertiary/aromatic N) is 2. The smallest absolute Gasteiger partial charge is 0.347 e. The van der Waals surface area contributed by atoms with Gasteiger partial charge in [-0.3, -0.25) is 4.40 Å². The van der Waals surface area contributed by atoms with E-state index in [9.17, 15) is 9.18 Å². The Morgan fingerprint density at radius 1 is 1.28 bits per heavy atom. The van der Waals surface area contributed by atoms with Gasteiger partial charge in [0.2, 0.25) is 0 Å². The molecule has 0 unspecified atom stereocenters. The predicted octanol–water partition coefficient (Wildman–Crippen LogP) is 2.90. The second-order valence-corrected chi connectivity index (χ2v) is 4.73. The third-order valence-corrected chi connectivity index (χ3v) is 3.49. The maximum atomic E-state index is 12.8. The Bertz CT molecular complexity index is 699. The predicted molar refractivity (Wildman–Crippen MR) is 65.4 cm³/mol. The monoisotopic (exact) mass is 262 g/mol. The van der Waals surface area contributed by atoms with E-state index >= 15 is 0 Å². The summed E-state index contributed by atoms with van der Waals surface area (Å²) in [5.74, 6) is -1.26. The lowest BCUT2D eigenvalue weighted by Crippen LogP contribution is -1.90. The molecule has 1 aromatic carbocycles. The quantitative estimate of drug-likeness (QED) is 0.772. The number of benzene rings is 1. The van der Waals surface area contributed by atoms with Crippen LogP contribution in [0.25, 0.3) is 16.2 Å². The van der Waals surface area contributed by atoms with E-state index in [1.165, 1.54) is 18.3 Å². The fraction of sp³-hybridized carbons (Fsp3) is 0. The Morgan fingerprint density at radius 3 is 2.61 bits per heavy atom. The first-order valence-electron chi connectivity index (χ1n) is 5.11. The summed E-state index contributed by atoms with van der Waals surface area (Å²) < 4.78 is 14.5. The summed E-state index contributed by atoms with van der Waals surface area (Å²) in [7, 11) is 0. The van der Waals surface area contributed by atoms with Crippen LogP contribution >= 0.6 is 11.3 Å². The number of halogens is 1. The molecular formula is C12H7FN2O2S. The van der Waals surface area contributed by atoms with Crippen LogP contribution < -0.4 is 0 Å². The van der Waals surface area contributed by atoms with Gasteiger partial charge in [0.15, 0.2) is 4.96 Å². The van der Waals surface area contributed by atoms with Gasteiger partial charge < -0.3 is 5.11 Å². The lowest BCUT2D eigenvalue weighted by molar-refractivity contribution is 0.0702. The molecule has 0 spiro atoms. The molecule has 4 nitrogen and oxygen atoms in total. The first-order chi connectivity index (χ1) is 8.63. The van der Waals surface area contributed by atoms with Crippen LogP contribution in [-0.2, 0) is 0 Å².